The van der Waals surface area contributed by atoms with Gasteiger partial charge in [-0.2, -0.15) is 4.98 Å². The van der Waals surface area contributed by atoms with Crippen LogP contribution >= 0.6 is 0 Å². The minimum Gasteiger partial charge on any atom is -0.497 e. The molecule has 3 aromatic carbocycles. The van der Waals surface area contributed by atoms with Crippen LogP contribution in [0, 0.1) is 0 Å². The van der Waals surface area contributed by atoms with Crippen LogP contribution in [-0.4, -0.2) is 29.3 Å². The summed E-state index contributed by atoms with van der Waals surface area (Å²) in [6, 6.07) is 22.2. The molecular weight excluding hydrogens is 424 g/mol. The fourth-order valence-electron chi connectivity index (χ4n) is 2.91. The summed E-state index contributed by atoms with van der Waals surface area (Å²) in [5.41, 5.74) is 2.23. The number of esters is 1. The van der Waals surface area contributed by atoms with Crippen LogP contribution in [0.4, 0.5) is 16.2 Å². The summed E-state index contributed by atoms with van der Waals surface area (Å²) in [5.74, 6) is 0.637. The Bertz CT molecular complexity index is 1240. The minimum absolute atomic E-state index is 0.164. The molecule has 33 heavy (non-hydrogen) atoms. The largest absolute Gasteiger partial charge is 0.497 e. The van der Waals surface area contributed by atoms with Crippen LogP contribution in [0.15, 0.2) is 83.4 Å². The third-order valence-corrected chi connectivity index (χ3v) is 4.53. The monoisotopic (exact) mass is 444 g/mol. The zero-order valence-electron chi connectivity index (χ0n) is 17.6. The number of nitrogens with zero attached hydrogens (tertiary/aromatic N) is 2. The van der Waals surface area contributed by atoms with Gasteiger partial charge in [0.15, 0.2) is 6.61 Å². The van der Waals surface area contributed by atoms with E-state index >= 15 is 0 Å². The highest BCUT2D eigenvalue weighted by atomic mass is 16.6. The first kappa shape index (κ1) is 21.6. The summed E-state index contributed by atoms with van der Waals surface area (Å²) in [7, 11) is 1.57. The number of hydrogen-bond donors (Lipinski definition) is 2. The number of methoxy groups -OCH3 is 1. The smallest absolute Gasteiger partial charge is 0.338 e. The molecule has 2 amide bonds. The maximum atomic E-state index is 12.3. The second-order valence-corrected chi connectivity index (χ2v) is 6.84. The van der Waals surface area contributed by atoms with Gasteiger partial charge >= 0.3 is 12.0 Å². The fourth-order valence-corrected chi connectivity index (χ4v) is 2.91. The van der Waals surface area contributed by atoms with E-state index in [1.165, 1.54) is 0 Å². The van der Waals surface area contributed by atoms with Crippen molar-refractivity contribution in [2.75, 3.05) is 17.7 Å². The second-order valence-electron chi connectivity index (χ2n) is 6.84. The molecule has 0 radical (unpaired) electrons. The van der Waals surface area contributed by atoms with Crippen molar-refractivity contribution in [1.82, 2.24) is 10.1 Å². The lowest BCUT2D eigenvalue weighted by molar-refractivity contribution is 0.0430. The van der Waals surface area contributed by atoms with Crippen LogP contribution in [0.1, 0.15) is 16.2 Å². The molecule has 0 aliphatic rings. The van der Waals surface area contributed by atoms with Gasteiger partial charge in [0.2, 0.25) is 5.82 Å². The van der Waals surface area contributed by atoms with E-state index in [2.05, 4.69) is 20.8 Å². The van der Waals surface area contributed by atoms with E-state index in [0.717, 1.165) is 5.56 Å². The Kier molecular flexibility index (Phi) is 6.60. The predicted octanol–water partition coefficient (Wildman–Crippen LogP) is 4.75. The first-order valence-electron chi connectivity index (χ1n) is 9.98. The van der Waals surface area contributed by atoms with E-state index in [1.54, 1.807) is 49.6 Å². The number of carbonyl (C=O) groups excluding carboxylic acids is 2. The Morgan fingerprint density at radius 3 is 2.36 bits per heavy atom. The van der Waals surface area contributed by atoms with Crippen LogP contribution in [0.5, 0.6) is 5.75 Å². The van der Waals surface area contributed by atoms with Gasteiger partial charge in [-0.05, 0) is 48.5 Å². The Balaban J connectivity index is 1.30. The van der Waals surface area contributed by atoms with Gasteiger partial charge in [-0.15, -0.1) is 0 Å². The number of amides is 2. The lowest BCUT2D eigenvalue weighted by atomic mass is 10.2. The van der Waals surface area contributed by atoms with E-state index in [0.29, 0.717) is 28.5 Å². The lowest BCUT2D eigenvalue weighted by Gasteiger charge is -2.08. The quantitative estimate of drug-likeness (QED) is 0.395. The van der Waals surface area contributed by atoms with Crippen molar-refractivity contribution in [2.45, 2.75) is 6.61 Å². The van der Waals surface area contributed by atoms with Gasteiger partial charge in [-0.25, -0.2) is 9.59 Å². The normalized spacial score (nSPS) is 10.3. The summed E-state index contributed by atoms with van der Waals surface area (Å²) in [4.78, 5) is 28.6. The molecule has 0 spiro atoms. The molecule has 0 bridgehead atoms. The molecule has 0 aliphatic heterocycles. The van der Waals surface area contributed by atoms with E-state index in [9.17, 15) is 9.59 Å². The van der Waals surface area contributed by atoms with Gasteiger partial charge in [-0.3, -0.25) is 0 Å². The molecule has 0 saturated heterocycles. The average Bonchev–Trinajstić information content (AvgIpc) is 3.33. The van der Waals surface area contributed by atoms with Crippen molar-refractivity contribution >= 4 is 23.4 Å². The summed E-state index contributed by atoms with van der Waals surface area (Å²) < 4.78 is 15.6. The Morgan fingerprint density at radius 1 is 0.909 bits per heavy atom. The highest BCUT2D eigenvalue weighted by Gasteiger charge is 2.13. The van der Waals surface area contributed by atoms with E-state index in [4.69, 9.17) is 14.0 Å². The number of urea groups is 1. The molecular formula is C24H20N4O5. The first-order valence-corrected chi connectivity index (χ1v) is 9.98. The molecule has 4 rings (SSSR count). The minimum atomic E-state index is -0.559. The van der Waals surface area contributed by atoms with Crippen molar-refractivity contribution in [2.24, 2.45) is 0 Å². The highest BCUT2D eigenvalue weighted by molar-refractivity contribution is 6.00. The van der Waals surface area contributed by atoms with Crippen LogP contribution in [0.3, 0.4) is 0 Å². The zero-order chi connectivity index (χ0) is 23.0. The van der Waals surface area contributed by atoms with E-state index in [-0.39, 0.29) is 18.5 Å². The highest BCUT2D eigenvalue weighted by Crippen LogP contribution is 2.21. The molecule has 2 N–H and O–H groups in total. The van der Waals surface area contributed by atoms with E-state index in [1.807, 2.05) is 36.4 Å². The van der Waals surface area contributed by atoms with Gasteiger partial charge in [0.1, 0.15) is 5.75 Å². The number of rotatable bonds is 7. The Morgan fingerprint density at radius 2 is 1.64 bits per heavy atom. The number of aromatic nitrogens is 2. The van der Waals surface area contributed by atoms with Gasteiger partial charge in [0.05, 0.1) is 12.7 Å². The topological polar surface area (TPSA) is 116 Å². The molecule has 0 fully saturated rings. The number of benzene rings is 3. The van der Waals surface area contributed by atoms with Crippen molar-refractivity contribution in [1.29, 1.82) is 0 Å². The number of ether oxygens (including phenoxy) is 2. The number of hydrogen-bond acceptors (Lipinski definition) is 7. The molecule has 9 nitrogen and oxygen atoms in total. The number of carbonyl (C=O) groups is 2. The molecule has 0 saturated carbocycles. The standard InChI is InChI=1S/C24H20N4O5/c1-31-20-9-5-6-17(14-20)22-27-21(33-28-22)15-32-23(29)16-10-12-19(13-11-16)26-24(30)25-18-7-3-2-4-8-18/h2-14H,15H2,1H3,(H2,25,26,30). The Labute approximate surface area is 189 Å². The van der Waals surface area contributed by atoms with Gasteiger partial charge in [0.25, 0.3) is 5.89 Å². The molecule has 1 aromatic heterocycles. The van der Waals surface area contributed by atoms with Crippen molar-refractivity contribution in [3.8, 4) is 17.1 Å². The van der Waals surface area contributed by atoms with Crippen LogP contribution in [0.25, 0.3) is 11.4 Å². The second kappa shape index (κ2) is 10.1. The molecule has 1 heterocycles. The van der Waals surface area contributed by atoms with Gasteiger partial charge < -0.3 is 24.6 Å². The average molecular weight is 444 g/mol. The SMILES string of the molecule is COc1cccc(-c2noc(COC(=O)c3ccc(NC(=O)Nc4ccccc4)cc3)n2)c1. The summed E-state index contributed by atoms with van der Waals surface area (Å²) in [6.45, 7) is -0.171. The first-order chi connectivity index (χ1) is 16.1. The maximum Gasteiger partial charge on any atom is 0.338 e. The van der Waals surface area contributed by atoms with E-state index < -0.39 is 5.97 Å². The van der Waals surface area contributed by atoms with Gasteiger partial charge in [0, 0.05) is 16.9 Å². The van der Waals surface area contributed by atoms with Crippen LogP contribution in [-0.2, 0) is 11.3 Å². The van der Waals surface area contributed by atoms with Gasteiger partial charge in [-0.1, -0.05) is 35.5 Å². The summed E-state index contributed by atoms with van der Waals surface area (Å²) >= 11 is 0. The van der Waals surface area contributed by atoms with Crippen molar-refractivity contribution in [3.63, 3.8) is 0 Å². The molecule has 0 unspecified atom stereocenters. The molecule has 0 atom stereocenters. The summed E-state index contributed by atoms with van der Waals surface area (Å²) in [6.07, 6.45) is 0. The molecule has 9 heteroatoms. The Hall–Kier alpha value is -4.66. The maximum absolute atomic E-state index is 12.3. The summed E-state index contributed by atoms with van der Waals surface area (Å²) in [5, 5.41) is 9.31. The van der Waals surface area contributed by atoms with Crippen LogP contribution < -0.4 is 15.4 Å². The number of nitrogens with one attached hydrogen (secondary N) is 2. The molecule has 0 aliphatic carbocycles. The van der Waals surface area contributed by atoms with Crippen LogP contribution in [0.2, 0.25) is 0 Å². The predicted molar refractivity (Wildman–Crippen MR) is 121 cm³/mol. The lowest BCUT2D eigenvalue weighted by Crippen LogP contribution is -2.19. The van der Waals surface area contributed by atoms with Crippen molar-refractivity contribution < 1.29 is 23.6 Å². The number of anilines is 2. The molecule has 4 aromatic rings. The van der Waals surface area contributed by atoms with Crippen molar-refractivity contribution in [3.05, 3.63) is 90.3 Å². The molecule has 166 valence electrons. The zero-order valence-corrected chi connectivity index (χ0v) is 17.6. The number of para-hydroxylation sites is 1. The fraction of sp³-hybridized carbons (Fsp3) is 0.0833. The third-order valence-electron chi connectivity index (χ3n) is 4.53. The third kappa shape index (κ3) is 5.73.